The summed E-state index contributed by atoms with van der Waals surface area (Å²) in [6.45, 7) is 0.864. The van der Waals surface area contributed by atoms with Gasteiger partial charge < -0.3 is 19.5 Å². The summed E-state index contributed by atoms with van der Waals surface area (Å²) in [7, 11) is -4.14. The van der Waals surface area contributed by atoms with Crippen LogP contribution in [0.15, 0.2) is 69.6 Å². The van der Waals surface area contributed by atoms with E-state index in [1.165, 1.54) is 37.3 Å². The van der Waals surface area contributed by atoms with E-state index in [4.69, 9.17) is 9.47 Å². The Hall–Kier alpha value is -3.73. The largest absolute Gasteiger partial charge is 0.435 e. The molecule has 2 aliphatic heterocycles. The summed E-state index contributed by atoms with van der Waals surface area (Å²) in [5, 5.41) is 2.98. The van der Waals surface area contributed by atoms with Crippen molar-refractivity contribution in [3.8, 4) is 5.75 Å². The summed E-state index contributed by atoms with van der Waals surface area (Å²) in [6.07, 6.45) is 0. The molecule has 36 heavy (non-hydrogen) atoms. The number of sulfone groups is 1. The number of alkyl halides is 2. The predicted molar refractivity (Wildman–Crippen MR) is 124 cm³/mol. The number of hydrogen-bond acceptors (Lipinski definition) is 8. The van der Waals surface area contributed by atoms with Gasteiger partial charge in [-0.15, -0.1) is 0 Å². The van der Waals surface area contributed by atoms with Crippen molar-refractivity contribution in [3.05, 3.63) is 75.8 Å². The fraction of sp³-hybridized carbons (Fsp3) is 0.280. The molecule has 2 heterocycles. The molecule has 0 saturated carbocycles. The fourth-order valence-corrected chi connectivity index (χ4v) is 6.14. The molecule has 2 aromatic rings. The maximum atomic E-state index is 13.7. The lowest BCUT2D eigenvalue weighted by molar-refractivity contribution is -0.167. The average Bonchev–Trinajstić information content (AvgIpc) is 3.04. The first kappa shape index (κ1) is 25.4. The molecule has 0 saturated heterocycles. The molecular formula is C25H23F2NO7S. The van der Waals surface area contributed by atoms with Crippen LogP contribution in [0.25, 0.3) is 5.70 Å². The summed E-state index contributed by atoms with van der Waals surface area (Å²) in [5.74, 6) is -3.65. The molecule has 0 fully saturated rings. The first-order valence-corrected chi connectivity index (χ1v) is 12.5. The molecule has 2 aromatic carbocycles. The van der Waals surface area contributed by atoms with E-state index in [1.807, 2.05) is 0 Å². The minimum Gasteiger partial charge on any atom is -0.435 e. The van der Waals surface area contributed by atoms with Gasteiger partial charge in [-0.25, -0.2) is 13.2 Å². The molecule has 0 aliphatic carbocycles. The summed E-state index contributed by atoms with van der Waals surface area (Å²) in [4.78, 5) is 24.8. The van der Waals surface area contributed by atoms with Crippen LogP contribution in [-0.4, -0.2) is 33.8 Å². The molecule has 1 atom stereocenters. The van der Waals surface area contributed by atoms with Crippen LogP contribution in [0.4, 0.5) is 8.78 Å². The normalized spacial score (nSPS) is 18.0. The molecule has 1 N–H and O–H groups in total. The van der Waals surface area contributed by atoms with E-state index in [0.717, 1.165) is 0 Å². The van der Waals surface area contributed by atoms with Gasteiger partial charge >= 0.3 is 18.6 Å². The highest BCUT2D eigenvalue weighted by Gasteiger charge is 2.47. The molecular weight excluding hydrogens is 496 g/mol. The molecule has 0 radical (unpaired) electrons. The van der Waals surface area contributed by atoms with Crippen molar-refractivity contribution in [2.24, 2.45) is 5.92 Å². The smallest absolute Gasteiger partial charge is 0.387 e. The highest BCUT2D eigenvalue weighted by atomic mass is 32.2. The standard InChI is InChI=1S/C25H23F2NO7S/c1-13(2)23(29)33-12-34-24(30)19-14(3)28-21-16-9-5-7-11-18(16)36(31,32)22(21)20(19)15-8-4-6-10-17(15)35-25(26)27/h4-11,13,20,25,28H,12H2,1-3H3. The van der Waals surface area contributed by atoms with Crippen LogP contribution >= 0.6 is 0 Å². The van der Waals surface area contributed by atoms with Crippen LogP contribution in [0, 0.1) is 5.92 Å². The Balaban J connectivity index is 1.84. The molecule has 190 valence electrons. The zero-order chi connectivity index (χ0) is 26.2. The molecule has 0 aromatic heterocycles. The first-order valence-electron chi connectivity index (χ1n) is 11.0. The second kappa shape index (κ2) is 9.73. The number of benzene rings is 2. The third kappa shape index (κ3) is 4.46. The number of carbonyl (C=O) groups excluding carboxylic acids is 2. The Bertz CT molecular complexity index is 1400. The molecule has 0 bridgehead atoms. The lowest BCUT2D eigenvalue weighted by Gasteiger charge is -2.30. The quantitative estimate of drug-likeness (QED) is 0.430. The average molecular weight is 520 g/mol. The van der Waals surface area contributed by atoms with E-state index in [-0.39, 0.29) is 38.1 Å². The van der Waals surface area contributed by atoms with E-state index in [2.05, 4.69) is 10.1 Å². The van der Waals surface area contributed by atoms with Gasteiger partial charge in [0.1, 0.15) is 5.75 Å². The van der Waals surface area contributed by atoms with E-state index < -0.39 is 47.0 Å². The fourth-order valence-electron chi connectivity index (χ4n) is 4.20. The number of ether oxygens (including phenoxy) is 3. The Morgan fingerprint density at radius 3 is 2.39 bits per heavy atom. The zero-order valence-electron chi connectivity index (χ0n) is 19.6. The molecule has 0 amide bonds. The summed E-state index contributed by atoms with van der Waals surface area (Å²) in [6, 6.07) is 11.9. The topological polar surface area (TPSA) is 108 Å². The van der Waals surface area contributed by atoms with Gasteiger partial charge in [0.2, 0.25) is 16.6 Å². The van der Waals surface area contributed by atoms with Crippen molar-refractivity contribution < 1.29 is 41.0 Å². The SMILES string of the molecule is CC1=C(C(=O)OCOC(=O)C(C)C)C(c2ccccc2OC(F)F)C2=C(N1)c1ccccc1S2(=O)=O. The van der Waals surface area contributed by atoms with Crippen molar-refractivity contribution in [1.29, 1.82) is 0 Å². The van der Waals surface area contributed by atoms with Gasteiger partial charge in [-0.1, -0.05) is 50.2 Å². The number of allylic oxidation sites excluding steroid dienone is 2. The van der Waals surface area contributed by atoms with Gasteiger partial charge in [-0.2, -0.15) is 8.78 Å². The maximum absolute atomic E-state index is 13.7. The van der Waals surface area contributed by atoms with Crippen LogP contribution in [-0.2, 0) is 28.9 Å². The number of rotatable bonds is 7. The molecule has 4 rings (SSSR count). The first-order chi connectivity index (χ1) is 17.0. The number of esters is 2. The van der Waals surface area contributed by atoms with Crippen LogP contribution in [0.5, 0.6) is 5.75 Å². The predicted octanol–water partition coefficient (Wildman–Crippen LogP) is 4.10. The van der Waals surface area contributed by atoms with Gasteiger partial charge in [0.15, 0.2) is 0 Å². The van der Waals surface area contributed by atoms with Crippen LogP contribution in [0.2, 0.25) is 0 Å². The van der Waals surface area contributed by atoms with Crippen molar-refractivity contribution in [2.45, 2.75) is 38.2 Å². The third-order valence-corrected chi connectivity index (χ3v) is 7.73. The summed E-state index contributed by atoms with van der Waals surface area (Å²) < 4.78 is 68.5. The number of dihydropyridines is 1. The second-order valence-electron chi connectivity index (χ2n) is 8.42. The van der Waals surface area contributed by atoms with E-state index in [9.17, 15) is 26.8 Å². The Morgan fingerprint density at radius 2 is 1.69 bits per heavy atom. The summed E-state index contributed by atoms with van der Waals surface area (Å²) in [5.41, 5.74) is 0.771. The second-order valence-corrected chi connectivity index (χ2v) is 10.3. The molecule has 1 unspecified atom stereocenters. The Kier molecular flexibility index (Phi) is 6.85. The number of hydrogen-bond donors (Lipinski definition) is 1. The Labute approximate surface area is 206 Å². The molecule has 0 spiro atoms. The number of para-hydroxylation sites is 1. The van der Waals surface area contributed by atoms with Crippen LogP contribution in [0.1, 0.15) is 37.8 Å². The van der Waals surface area contributed by atoms with Crippen LogP contribution < -0.4 is 10.1 Å². The van der Waals surface area contributed by atoms with E-state index >= 15 is 0 Å². The monoisotopic (exact) mass is 519 g/mol. The highest BCUT2D eigenvalue weighted by Crippen LogP contribution is 2.52. The Morgan fingerprint density at radius 1 is 1.03 bits per heavy atom. The van der Waals surface area contributed by atoms with Crippen LogP contribution in [0.3, 0.4) is 0 Å². The van der Waals surface area contributed by atoms with Crippen molar-refractivity contribution in [1.82, 2.24) is 5.32 Å². The van der Waals surface area contributed by atoms with Crippen molar-refractivity contribution in [2.75, 3.05) is 6.79 Å². The molecule has 8 nitrogen and oxygen atoms in total. The number of halogens is 2. The number of fused-ring (bicyclic) bond motifs is 2. The van der Waals surface area contributed by atoms with E-state index in [0.29, 0.717) is 5.56 Å². The van der Waals surface area contributed by atoms with Crippen molar-refractivity contribution in [3.63, 3.8) is 0 Å². The van der Waals surface area contributed by atoms with Gasteiger partial charge in [0, 0.05) is 16.8 Å². The molecule has 2 aliphatic rings. The van der Waals surface area contributed by atoms with Crippen molar-refractivity contribution >= 4 is 27.5 Å². The number of carbonyl (C=O) groups is 2. The van der Waals surface area contributed by atoms with Gasteiger partial charge in [-0.05, 0) is 19.1 Å². The highest BCUT2D eigenvalue weighted by molar-refractivity contribution is 7.96. The minimum absolute atomic E-state index is 0.0213. The van der Waals surface area contributed by atoms with Gasteiger partial charge in [0.25, 0.3) is 0 Å². The van der Waals surface area contributed by atoms with Gasteiger partial charge in [0.05, 0.1) is 32.9 Å². The third-order valence-electron chi connectivity index (χ3n) is 5.78. The lowest BCUT2D eigenvalue weighted by Crippen LogP contribution is -2.30. The van der Waals surface area contributed by atoms with Gasteiger partial charge in [-0.3, -0.25) is 4.79 Å². The lowest BCUT2D eigenvalue weighted by atomic mass is 9.85. The minimum atomic E-state index is -4.14. The van der Waals surface area contributed by atoms with E-state index in [1.54, 1.807) is 32.0 Å². The number of nitrogens with one attached hydrogen (secondary N) is 1. The zero-order valence-corrected chi connectivity index (χ0v) is 20.4. The molecule has 11 heteroatoms. The maximum Gasteiger partial charge on any atom is 0.387 e. The summed E-state index contributed by atoms with van der Waals surface area (Å²) >= 11 is 0.